The van der Waals surface area contributed by atoms with E-state index in [0.717, 1.165) is 37.9 Å². The van der Waals surface area contributed by atoms with Crippen LogP contribution in [0.2, 0.25) is 0 Å². The summed E-state index contributed by atoms with van der Waals surface area (Å²) in [5.41, 5.74) is 0.571. The molecule has 1 unspecified atom stereocenters. The third-order valence-electron chi connectivity index (χ3n) is 5.91. The van der Waals surface area contributed by atoms with Crippen LogP contribution in [0.1, 0.15) is 31.4 Å². The molecule has 3 heterocycles. The number of likely N-dealkylation sites (tertiary alicyclic amines) is 2. The fourth-order valence-corrected chi connectivity index (χ4v) is 4.65. The van der Waals surface area contributed by atoms with E-state index >= 15 is 0 Å². The smallest absolute Gasteiger partial charge is 0.243 e. The van der Waals surface area contributed by atoms with Crippen LogP contribution in [0, 0.1) is 5.82 Å². The molecule has 4 rings (SSSR count). The van der Waals surface area contributed by atoms with Gasteiger partial charge in [0.15, 0.2) is 5.43 Å². The lowest BCUT2D eigenvalue weighted by atomic mass is 9.85. The second-order valence-corrected chi connectivity index (χ2v) is 7.52. The third kappa shape index (κ3) is 3.15. The summed E-state index contributed by atoms with van der Waals surface area (Å²) in [6.07, 6.45) is 3.45. The van der Waals surface area contributed by atoms with Crippen LogP contribution in [0.5, 0.6) is 0 Å². The van der Waals surface area contributed by atoms with Gasteiger partial charge in [-0.3, -0.25) is 14.5 Å². The number of rotatable bonds is 4. The van der Waals surface area contributed by atoms with E-state index in [2.05, 4.69) is 9.88 Å². The summed E-state index contributed by atoms with van der Waals surface area (Å²) in [5, 5.41) is 9.58. The Morgan fingerprint density at radius 3 is 2.70 bits per heavy atom. The van der Waals surface area contributed by atoms with E-state index in [1.807, 2.05) is 0 Å². The largest absolute Gasteiger partial charge is 0.395 e. The molecule has 0 radical (unpaired) electrons. The Morgan fingerprint density at radius 1 is 1.15 bits per heavy atom. The molecule has 0 saturated carbocycles. The fraction of sp³-hybridized carbons (Fsp3) is 0.500. The van der Waals surface area contributed by atoms with E-state index in [9.17, 15) is 19.1 Å². The molecular formula is C20H24FN3O3. The first-order valence-corrected chi connectivity index (χ1v) is 9.50. The van der Waals surface area contributed by atoms with Gasteiger partial charge in [0, 0.05) is 42.3 Å². The SMILES string of the molecule is O=C1N(CCO)CCCC12CCCN2Cc1cc(=O)c2cc(F)ccc2[nH]1. The van der Waals surface area contributed by atoms with Gasteiger partial charge in [-0.15, -0.1) is 0 Å². The molecule has 1 amide bonds. The minimum atomic E-state index is -0.540. The van der Waals surface area contributed by atoms with Crippen LogP contribution < -0.4 is 5.43 Å². The van der Waals surface area contributed by atoms with Gasteiger partial charge < -0.3 is 15.0 Å². The molecule has 2 aliphatic heterocycles. The highest BCUT2D eigenvalue weighted by atomic mass is 19.1. The normalized spacial score (nSPS) is 23.6. The van der Waals surface area contributed by atoms with Crippen molar-refractivity contribution in [1.29, 1.82) is 0 Å². The molecule has 1 atom stereocenters. The van der Waals surface area contributed by atoms with Gasteiger partial charge in [-0.25, -0.2) is 4.39 Å². The lowest BCUT2D eigenvalue weighted by Crippen LogP contribution is -2.60. The molecule has 2 aromatic rings. The van der Waals surface area contributed by atoms with E-state index in [1.165, 1.54) is 18.2 Å². The number of hydrogen-bond donors (Lipinski definition) is 2. The Hall–Kier alpha value is -2.25. The Labute approximate surface area is 156 Å². The Kier molecular flexibility index (Phi) is 4.74. The van der Waals surface area contributed by atoms with E-state index in [1.54, 1.807) is 11.0 Å². The number of piperidine rings is 1. The zero-order valence-corrected chi connectivity index (χ0v) is 15.2. The summed E-state index contributed by atoms with van der Waals surface area (Å²) in [4.78, 5) is 32.6. The van der Waals surface area contributed by atoms with Gasteiger partial charge >= 0.3 is 0 Å². The van der Waals surface area contributed by atoms with Crippen LogP contribution >= 0.6 is 0 Å². The average Bonchev–Trinajstić information content (AvgIpc) is 3.03. The number of fused-ring (bicyclic) bond motifs is 1. The minimum Gasteiger partial charge on any atom is -0.395 e. The van der Waals surface area contributed by atoms with E-state index < -0.39 is 11.4 Å². The first kappa shape index (κ1) is 18.1. The van der Waals surface area contributed by atoms with Crippen LogP contribution in [0.4, 0.5) is 4.39 Å². The van der Waals surface area contributed by atoms with E-state index in [4.69, 9.17) is 0 Å². The van der Waals surface area contributed by atoms with Crippen LogP contribution in [-0.2, 0) is 11.3 Å². The van der Waals surface area contributed by atoms with Gasteiger partial charge in [0.1, 0.15) is 11.4 Å². The van der Waals surface area contributed by atoms with Gasteiger partial charge in [-0.2, -0.15) is 0 Å². The number of benzene rings is 1. The van der Waals surface area contributed by atoms with Crippen molar-refractivity contribution in [3.8, 4) is 0 Å². The summed E-state index contributed by atoms with van der Waals surface area (Å²) in [6, 6.07) is 5.65. The van der Waals surface area contributed by atoms with Crippen LogP contribution in [0.15, 0.2) is 29.1 Å². The number of H-pyrrole nitrogens is 1. The van der Waals surface area contributed by atoms with Gasteiger partial charge in [-0.1, -0.05) is 0 Å². The maximum atomic E-state index is 13.4. The number of carbonyl (C=O) groups excluding carboxylic acids is 1. The number of carbonyl (C=O) groups is 1. The molecule has 2 N–H and O–H groups in total. The molecule has 7 heteroatoms. The topological polar surface area (TPSA) is 76.6 Å². The summed E-state index contributed by atoms with van der Waals surface area (Å²) >= 11 is 0. The number of aliphatic hydroxyl groups is 1. The van der Waals surface area contributed by atoms with Crippen molar-refractivity contribution >= 4 is 16.8 Å². The minimum absolute atomic E-state index is 0.0314. The molecule has 2 fully saturated rings. The summed E-state index contributed by atoms with van der Waals surface area (Å²) in [7, 11) is 0. The maximum Gasteiger partial charge on any atom is 0.243 e. The zero-order valence-electron chi connectivity index (χ0n) is 15.2. The highest BCUT2D eigenvalue weighted by Gasteiger charge is 2.50. The molecule has 1 spiro atoms. The lowest BCUT2D eigenvalue weighted by molar-refractivity contribution is -0.148. The van der Waals surface area contributed by atoms with Gasteiger partial charge in [0.2, 0.25) is 5.91 Å². The number of nitrogens with one attached hydrogen (secondary N) is 1. The number of pyridine rings is 1. The fourth-order valence-electron chi connectivity index (χ4n) is 4.65. The number of aromatic nitrogens is 1. The number of amides is 1. The van der Waals surface area contributed by atoms with Crippen molar-refractivity contribution in [2.24, 2.45) is 0 Å². The summed E-state index contributed by atoms with van der Waals surface area (Å²) in [5.74, 6) is -0.346. The second-order valence-electron chi connectivity index (χ2n) is 7.52. The molecule has 27 heavy (non-hydrogen) atoms. The molecule has 144 valence electrons. The molecule has 0 aliphatic carbocycles. The standard InChI is InChI=1S/C20H24FN3O3/c21-14-3-4-17-16(11-14)18(26)12-15(22-17)13-24-8-2-6-20(24)5-1-7-23(9-10-25)19(20)27/h3-4,11-12,25H,1-2,5-10,13H2,(H,22,26). The van der Waals surface area contributed by atoms with Crippen molar-refractivity contribution < 1.29 is 14.3 Å². The summed E-state index contributed by atoms with van der Waals surface area (Å²) in [6.45, 7) is 2.29. The van der Waals surface area contributed by atoms with Crippen molar-refractivity contribution in [3.63, 3.8) is 0 Å². The number of aromatic amines is 1. The van der Waals surface area contributed by atoms with Gasteiger partial charge in [0.05, 0.1) is 6.61 Å². The maximum absolute atomic E-state index is 13.4. The first-order valence-electron chi connectivity index (χ1n) is 9.50. The Bertz CT molecular complexity index is 926. The van der Waals surface area contributed by atoms with Crippen LogP contribution in [0.25, 0.3) is 10.9 Å². The second kappa shape index (κ2) is 7.05. The molecule has 1 aromatic carbocycles. The number of halogens is 1. The molecular weight excluding hydrogens is 349 g/mol. The van der Waals surface area contributed by atoms with E-state index in [-0.39, 0.29) is 17.9 Å². The number of hydrogen-bond acceptors (Lipinski definition) is 4. The number of β-amino-alcohol motifs (C(OH)–C–C–N with tert-alkyl or cyclic N) is 1. The number of aliphatic hydroxyl groups excluding tert-OH is 1. The van der Waals surface area contributed by atoms with Crippen LogP contribution in [0.3, 0.4) is 0 Å². The third-order valence-corrected chi connectivity index (χ3v) is 5.91. The van der Waals surface area contributed by atoms with Crippen molar-refractivity contribution in [2.75, 3.05) is 26.2 Å². The van der Waals surface area contributed by atoms with Gasteiger partial charge in [0.25, 0.3) is 0 Å². The molecule has 0 bridgehead atoms. The van der Waals surface area contributed by atoms with Crippen molar-refractivity contribution in [2.45, 2.75) is 37.8 Å². The summed E-state index contributed by atoms with van der Waals surface area (Å²) < 4.78 is 13.4. The molecule has 6 nitrogen and oxygen atoms in total. The average molecular weight is 373 g/mol. The first-order chi connectivity index (χ1) is 13.0. The predicted molar refractivity (Wildman–Crippen MR) is 99.8 cm³/mol. The molecule has 2 saturated heterocycles. The Balaban J connectivity index is 1.64. The van der Waals surface area contributed by atoms with Crippen molar-refractivity contribution in [3.05, 3.63) is 46.0 Å². The highest BCUT2D eigenvalue weighted by molar-refractivity contribution is 5.87. The lowest BCUT2D eigenvalue weighted by Gasteiger charge is -2.44. The quantitative estimate of drug-likeness (QED) is 0.854. The zero-order chi connectivity index (χ0) is 19.0. The molecule has 1 aromatic heterocycles. The molecule has 2 aliphatic rings. The highest BCUT2D eigenvalue weighted by Crippen LogP contribution is 2.39. The Morgan fingerprint density at radius 2 is 1.93 bits per heavy atom. The van der Waals surface area contributed by atoms with Crippen LogP contribution in [-0.4, -0.2) is 57.6 Å². The van der Waals surface area contributed by atoms with Gasteiger partial charge in [-0.05, 0) is 50.4 Å². The van der Waals surface area contributed by atoms with E-state index in [0.29, 0.717) is 30.5 Å². The predicted octanol–water partition coefficient (Wildman–Crippen LogP) is 1.62. The monoisotopic (exact) mass is 373 g/mol. The number of nitrogens with zero attached hydrogens (tertiary/aromatic N) is 2. The van der Waals surface area contributed by atoms with Crippen molar-refractivity contribution in [1.82, 2.24) is 14.8 Å².